The molecule has 0 aliphatic rings. The number of aliphatic carboxylic acids is 1. The highest BCUT2D eigenvalue weighted by Gasteiger charge is 2.15. The van der Waals surface area contributed by atoms with Gasteiger partial charge in [-0.15, -0.1) is 5.10 Å². The molecule has 6 heteroatoms. The number of nitrogens with zero attached hydrogens (tertiary/aromatic N) is 3. The Morgan fingerprint density at radius 2 is 2.06 bits per heavy atom. The molecular formula is C12H19N3O3. The van der Waals surface area contributed by atoms with Gasteiger partial charge in [0, 0.05) is 18.5 Å². The zero-order valence-corrected chi connectivity index (χ0v) is 11.0. The SMILES string of the molecule is CC(C)C(=O)CCCc1cn(C(C)C(=O)O)nn1. The maximum Gasteiger partial charge on any atom is 0.328 e. The van der Waals surface area contributed by atoms with Crippen LogP contribution in [0.3, 0.4) is 0 Å². The number of Topliss-reactive ketones (excluding diaryl/α,β-unsaturated/α-hetero) is 1. The maximum absolute atomic E-state index is 11.4. The van der Waals surface area contributed by atoms with Gasteiger partial charge in [0.05, 0.1) is 5.69 Å². The van der Waals surface area contributed by atoms with Crippen LogP contribution in [0.25, 0.3) is 0 Å². The Labute approximate surface area is 106 Å². The molecule has 0 fully saturated rings. The van der Waals surface area contributed by atoms with Gasteiger partial charge in [0.2, 0.25) is 0 Å². The van der Waals surface area contributed by atoms with Crippen LogP contribution >= 0.6 is 0 Å². The number of carbonyl (C=O) groups excluding carboxylic acids is 1. The number of carbonyl (C=O) groups is 2. The number of aromatic nitrogens is 3. The molecule has 1 aromatic rings. The summed E-state index contributed by atoms with van der Waals surface area (Å²) in [6, 6.07) is -0.719. The Balaban J connectivity index is 2.45. The van der Waals surface area contributed by atoms with Crippen LogP contribution in [0.4, 0.5) is 0 Å². The Bertz CT molecular complexity index is 426. The number of ketones is 1. The number of carboxylic acids is 1. The quantitative estimate of drug-likeness (QED) is 0.795. The maximum atomic E-state index is 11.4. The van der Waals surface area contributed by atoms with E-state index in [2.05, 4.69) is 10.3 Å². The summed E-state index contributed by atoms with van der Waals surface area (Å²) in [4.78, 5) is 22.2. The van der Waals surface area contributed by atoms with E-state index in [1.807, 2.05) is 13.8 Å². The van der Waals surface area contributed by atoms with Crippen LogP contribution in [-0.2, 0) is 16.0 Å². The van der Waals surface area contributed by atoms with Crippen molar-refractivity contribution in [2.75, 3.05) is 0 Å². The number of rotatable bonds is 7. The van der Waals surface area contributed by atoms with Crippen molar-refractivity contribution < 1.29 is 14.7 Å². The van der Waals surface area contributed by atoms with Crippen LogP contribution < -0.4 is 0 Å². The molecule has 100 valence electrons. The van der Waals surface area contributed by atoms with E-state index >= 15 is 0 Å². The molecule has 0 aliphatic carbocycles. The average Bonchev–Trinajstić information content (AvgIpc) is 2.76. The van der Waals surface area contributed by atoms with Gasteiger partial charge in [0.1, 0.15) is 11.8 Å². The van der Waals surface area contributed by atoms with E-state index in [1.54, 1.807) is 13.1 Å². The molecule has 1 rings (SSSR count). The molecule has 0 saturated carbocycles. The van der Waals surface area contributed by atoms with Gasteiger partial charge in [0.25, 0.3) is 0 Å². The second-order valence-corrected chi connectivity index (χ2v) is 4.68. The van der Waals surface area contributed by atoms with E-state index in [4.69, 9.17) is 5.11 Å². The number of hydrogen-bond donors (Lipinski definition) is 1. The fourth-order valence-electron chi connectivity index (χ4n) is 1.46. The van der Waals surface area contributed by atoms with Gasteiger partial charge < -0.3 is 5.11 Å². The van der Waals surface area contributed by atoms with Gasteiger partial charge in [-0.2, -0.15) is 0 Å². The molecule has 1 heterocycles. The topological polar surface area (TPSA) is 85.1 Å². The van der Waals surface area contributed by atoms with Gasteiger partial charge in [-0.1, -0.05) is 19.1 Å². The number of carboxylic acid groups (broad SMARTS) is 1. The van der Waals surface area contributed by atoms with Crippen LogP contribution in [0.15, 0.2) is 6.20 Å². The highest BCUT2D eigenvalue weighted by Crippen LogP contribution is 2.08. The van der Waals surface area contributed by atoms with Crippen molar-refractivity contribution in [3.63, 3.8) is 0 Å². The highest BCUT2D eigenvalue weighted by molar-refractivity contribution is 5.80. The van der Waals surface area contributed by atoms with Gasteiger partial charge in [-0.3, -0.25) is 4.79 Å². The summed E-state index contributed by atoms with van der Waals surface area (Å²) in [7, 11) is 0. The predicted octanol–water partition coefficient (Wildman–Crippen LogP) is 1.47. The van der Waals surface area contributed by atoms with Crippen LogP contribution in [0.5, 0.6) is 0 Å². The summed E-state index contributed by atoms with van der Waals surface area (Å²) in [5.41, 5.74) is 0.722. The van der Waals surface area contributed by atoms with Crippen molar-refractivity contribution >= 4 is 11.8 Å². The van der Waals surface area contributed by atoms with E-state index in [-0.39, 0.29) is 11.7 Å². The molecule has 0 aromatic carbocycles. The Morgan fingerprint density at radius 1 is 1.39 bits per heavy atom. The zero-order chi connectivity index (χ0) is 13.7. The van der Waals surface area contributed by atoms with Crippen molar-refractivity contribution in [2.24, 2.45) is 5.92 Å². The third kappa shape index (κ3) is 3.94. The van der Waals surface area contributed by atoms with E-state index in [0.29, 0.717) is 12.8 Å². The van der Waals surface area contributed by atoms with Gasteiger partial charge in [0.15, 0.2) is 0 Å². The molecule has 0 radical (unpaired) electrons. The normalized spacial score (nSPS) is 12.7. The minimum Gasteiger partial charge on any atom is -0.480 e. The first kappa shape index (κ1) is 14.3. The van der Waals surface area contributed by atoms with Crippen molar-refractivity contribution in [2.45, 2.75) is 46.1 Å². The molecular weight excluding hydrogens is 234 g/mol. The molecule has 1 aromatic heterocycles. The molecule has 0 saturated heterocycles. The molecule has 1 unspecified atom stereocenters. The summed E-state index contributed by atoms with van der Waals surface area (Å²) in [6.45, 7) is 5.31. The molecule has 1 N–H and O–H groups in total. The lowest BCUT2D eigenvalue weighted by atomic mass is 10.0. The minimum absolute atomic E-state index is 0.0627. The first-order chi connectivity index (χ1) is 8.41. The van der Waals surface area contributed by atoms with E-state index in [0.717, 1.165) is 12.1 Å². The van der Waals surface area contributed by atoms with Crippen LogP contribution in [0.2, 0.25) is 0 Å². The summed E-state index contributed by atoms with van der Waals surface area (Å²) >= 11 is 0. The van der Waals surface area contributed by atoms with Crippen LogP contribution in [0.1, 0.15) is 45.3 Å². The largest absolute Gasteiger partial charge is 0.480 e. The lowest BCUT2D eigenvalue weighted by Gasteiger charge is -2.04. The summed E-state index contributed by atoms with van der Waals surface area (Å²) in [5.74, 6) is -0.643. The number of aryl methyl sites for hydroxylation is 1. The summed E-state index contributed by atoms with van der Waals surface area (Å²) in [6.07, 6.45) is 3.51. The van der Waals surface area contributed by atoms with Crippen molar-refractivity contribution in [3.05, 3.63) is 11.9 Å². The molecule has 0 aliphatic heterocycles. The first-order valence-corrected chi connectivity index (χ1v) is 6.08. The van der Waals surface area contributed by atoms with Crippen molar-refractivity contribution in [1.29, 1.82) is 0 Å². The fraction of sp³-hybridized carbons (Fsp3) is 0.667. The minimum atomic E-state index is -0.943. The standard InChI is InChI=1S/C12H19N3O3/c1-8(2)11(16)6-4-5-10-7-15(14-13-10)9(3)12(17)18/h7-9H,4-6H2,1-3H3,(H,17,18). The van der Waals surface area contributed by atoms with Crippen LogP contribution in [-0.4, -0.2) is 31.9 Å². The Hall–Kier alpha value is -1.72. The molecule has 0 spiro atoms. The molecule has 18 heavy (non-hydrogen) atoms. The predicted molar refractivity (Wildman–Crippen MR) is 65.2 cm³/mol. The fourth-order valence-corrected chi connectivity index (χ4v) is 1.46. The molecule has 6 nitrogen and oxygen atoms in total. The molecule has 1 atom stereocenters. The monoisotopic (exact) mass is 253 g/mol. The third-order valence-electron chi connectivity index (χ3n) is 2.81. The number of hydrogen-bond acceptors (Lipinski definition) is 4. The Kier molecular flexibility index (Phi) is 5.00. The first-order valence-electron chi connectivity index (χ1n) is 6.08. The van der Waals surface area contributed by atoms with Gasteiger partial charge >= 0.3 is 5.97 Å². The van der Waals surface area contributed by atoms with Gasteiger partial charge in [-0.05, 0) is 19.8 Å². The third-order valence-corrected chi connectivity index (χ3v) is 2.81. The second kappa shape index (κ2) is 6.28. The lowest BCUT2D eigenvalue weighted by molar-refractivity contribution is -0.140. The summed E-state index contributed by atoms with van der Waals surface area (Å²) in [5, 5.41) is 16.5. The van der Waals surface area contributed by atoms with E-state index in [1.165, 1.54) is 4.68 Å². The summed E-state index contributed by atoms with van der Waals surface area (Å²) < 4.78 is 1.32. The highest BCUT2D eigenvalue weighted by atomic mass is 16.4. The smallest absolute Gasteiger partial charge is 0.328 e. The second-order valence-electron chi connectivity index (χ2n) is 4.68. The van der Waals surface area contributed by atoms with E-state index < -0.39 is 12.0 Å². The van der Waals surface area contributed by atoms with E-state index in [9.17, 15) is 9.59 Å². The Morgan fingerprint density at radius 3 is 2.61 bits per heavy atom. The van der Waals surface area contributed by atoms with Crippen molar-refractivity contribution in [3.8, 4) is 0 Å². The molecule has 0 amide bonds. The zero-order valence-electron chi connectivity index (χ0n) is 11.0. The van der Waals surface area contributed by atoms with Crippen LogP contribution in [0, 0.1) is 5.92 Å². The van der Waals surface area contributed by atoms with Crippen molar-refractivity contribution in [1.82, 2.24) is 15.0 Å². The average molecular weight is 253 g/mol. The molecule has 0 bridgehead atoms. The lowest BCUT2D eigenvalue weighted by Crippen LogP contribution is -2.15. The van der Waals surface area contributed by atoms with Gasteiger partial charge in [-0.25, -0.2) is 9.48 Å².